The molecule has 0 radical (unpaired) electrons. The fraction of sp³-hybridized carbons (Fsp3) is 0.200. The maximum atomic E-state index is 6.13. The Bertz CT molecular complexity index is 1200. The molecule has 0 unspecified atom stereocenters. The molecule has 0 bridgehead atoms. The number of halogens is 2. The van der Waals surface area contributed by atoms with Gasteiger partial charge in [0.1, 0.15) is 5.82 Å². The van der Waals surface area contributed by atoms with Crippen LogP contribution in [0.5, 0.6) is 0 Å². The van der Waals surface area contributed by atoms with Crippen LogP contribution in [0.1, 0.15) is 21.4 Å². The Hall–Kier alpha value is -2.46. The summed E-state index contributed by atoms with van der Waals surface area (Å²) in [6.45, 7) is 4.51. The molecule has 0 saturated heterocycles. The molecule has 0 saturated carbocycles. The number of aromatic nitrogens is 5. The van der Waals surface area contributed by atoms with Gasteiger partial charge in [-0.25, -0.2) is 0 Å². The molecule has 29 heavy (non-hydrogen) atoms. The van der Waals surface area contributed by atoms with Gasteiger partial charge in [0.05, 0.1) is 15.3 Å². The van der Waals surface area contributed by atoms with E-state index in [2.05, 4.69) is 64.5 Å². The van der Waals surface area contributed by atoms with Crippen molar-refractivity contribution in [1.82, 2.24) is 24.9 Å². The summed E-state index contributed by atoms with van der Waals surface area (Å²) < 4.78 is 7.66. The third kappa shape index (κ3) is 3.20. The van der Waals surface area contributed by atoms with Crippen molar-refractivity contribution in [2.45, 2.75) is 17.8 Å². The van der Waals surface area contributed by atoms with E-state index in [9.17, 15) is 0 Å². The van der Waals surface area contributed by atoms with Crippen molar-refractivity contribution in [3.8, 4) is 17.1 Å². The minimum Gasteiger partial charge on any atom is -0.338 e. The molecule has 0 fully saturated rings. The van der Waals surface area contributed by atoms with Crippen LogP contribution in [-0.4, -0.2) is 31.4 Å². The second-order valence-electron chi connectivity index (χ2n) is 6.85. The van der Waals surface area contributed by atoms with Crippen LogP contribution in [-0.2, 0) is 0 Å². The fourth-order valence-electron chi connectivity index (χ4n) is 3.56. The molecule has 1 atom stereocenters. The molecule has 4 aromatic rings. The highest BCUT2D eigenvalue weighted by molar-refractivity contribution is 14.1. The van der Waals surface area contributed by atoms with Crippen LogP contribution >= 0.6 is 34.2 Å². The van der Waals surface area contributed by atoms with Crippen molar-refractivity contribution in [1.29, 1.82) is 0 Å². The number of nitrogens with zero attached hydrogens (tertiary/aromatic N) is 6. The Morgan fingerprint density at radius 2 is 1.86 bits per heavy atom. The number of hydrogen-bond acceptors (Lipinski definition) is 6. The number of anilines is 2. The Morgan fingerprint density at radius 3 is 2.59 bits per heavy atom. The summed E-state index contributed by atoms with van der Waals surface area (Å²) in [5, 5.41) is 13.4. The lowest BCUT2D eigenvalue weighted by atomic mass is 10.1. The monoisotopic (exact) mass is 518 g/mol. The standard InChI is InChI=1S/C20H16ClIN6O/c1-11-23-20(29-26-11)13-3-8-17-18(9-13)27(15-6-4-14(21)5-7-15)10-16(22)19-25-24-12(2)28(17)19/h3-9,16H,10H2,1-2H3/t16-/m1/s1. The van der Waals surface area contributed by atoms with Crippen molar-refractivity contribution in [2.24, 2.45) is 0 Å². The van der Waals surface area contributed by atoms with Gasteiger partial charge in [0.2, 0.25) is 0 Å². The van der Waals surface area contributed by atoms with Crippen LogP contribution in [0, 0.1) is 13.8 Å². The van der Waals surface area contributed by atoms with Crippen LogP contribution in [0.25, 0.3) is 17.1 Å². The van der Waals surface area contributed by atoms with Crippen LogP contribution in [0.2, 0.25) is 5.02 Å². The number of rotatable bonds is 2. The van der Waals surface area contributed by atoms with E-state index in [0.29, 0.717) is 16.7 Å². The third-order valence-corrected chi connectivity index (χ3v) is 6.10. The van der Waals surface area contributed by atoms with Gasteiger partial charge < -0.3 is 9.42 Å². The zero-order valence-corrected chi connectivity index (χ0v) is 18.6. The third-order valence-electron chi connectivity index (χ3n) is 4.89. The summed E-state index contributed by atoms with van der Waals surface area (Å²) in [4.78, 5) is 6.65. The van der Waals surface area contributed by atoms with Gasteiger partial charge in [0.15, 0.2) is 11.6 Å². The van der Waals surface area contributed by atoms with E-state index in [1.54, 1.807) is 0 Å². The SMILES string of the molecule is Cc1noc(-c2ccc3c(c2)N(c2ccc(Cl)cc2)C[C@@H](I)c2nnc(C)n2-3)n1. The lowest BCUT2D eigenvalue weighted by Gasteiger charge is -2.26. The summed E-state index contributed by atoms with van der Waals surface area (Å²) in [5.74, 6) is 2.88. The number of aryl methyl sites for hydroxylation is 2. The Labute approximate surface area is 185 Å². The zero-order chi connectivity index (χ0) is 20.1. The van der Waals surface area contributed by atoms with Gasteiger partial charge in [-0.3, -0.25) is 4.57 Å². The lowest BCUT2D eigenvalue weighted by molar-refractivity contribution is 0.425. The number of fused-ring (bicyclic) bond motifs is 3. The van der Waals surface area contributed by atoms with E-state index in [1.807, 2.05) is 44.2 Å². The Balaban J connectivity index is 1.74. The number of benzene rings is 2. The number of alkyl halides is 1. The van der Waals surface area contributed by atoms with Gasteiger partial charge in [-0.15, -0.1) is 10.2 Å². The highest BCUT2D eigenvalue weighted by atomic mass is 127. The summed E-state index contributed by atoms with van der Waals surface area (Å²) in [6, 6.07) is 14.0. The second kappa shape index (κ2) is 7.10. The molecule has 9 heteroatoms. The molecule has 1 aliphatic rings. The Kier molecular flexibility index (Phi) is 4.54. The second-order valence-corrected chi connectivity index (χ2v) is 8.79. The normalized spacial score (nSPS) is 15.7. The molecule has 5 rings (SSSR count). The smallest absolute Gasteiger partial charge is 0.257 e. The van der Waals surface area contributed by atoms with Crippen LogP contribution < -0.4 is 4.90 Å². The minimum absolute atomic E-state index is 0.144. The first kappa shape index (κ1) is 18.6. The molecular formula is C20H16ClIN6O. The zero-order valence-electron chi connectivity index (χ0n) is 15.7. The molecule has 0 spiro atoms. The highest BCUT2D eigenvalue weighted by Crippen LogP contribution is 2.42. The van der Waals surface area contributed by atoms with Gasteiger partial charge in [-0.1, -0.05) is 39.3 Å². The van der Waals surface area contributed by atoms with E-state index in [4.69, 9.17) is 16.1 Å². The molecule has 2 aromatic heterocycles. The van der Waals surface area contributed by atoms with Crippen LogP contribution in [0.3, 0.4) is 0 Å². The molecule has 146 valence electrons. The average Bonchev–Trinajstić information content (AvgIpc) is 3.29. The maximum Gasteiger partial charge on any atom is 0.257 e. The van der Waals surface area contributed by atoms with Crippen molar-refractivity contribution in [3.05, 3.63) is 65.0 Å². The van der Waals surface area contributed by atoms with Gasteiger partial charge in [0.25, 0.3) is 5.89 Å². The van der Waals surface area contributed by atoms with Gasteiger partial charge in [-0.2, -0.15) is 4.98 Å². The van der Waals surface area contributed by atoms with E-state index < -0.39 is 0 Å². The van der Waals surface area contributed by atoms with Crippen LogP contribution in [0.15, 0.2) is 47.0 Å². The van der Waals surface area contributed by atoms with E-state index in [-0.39, 0.29) is 3.92 Å². The highest BCUT2D eigenvalue weighted by Gasteiger charge is 2.29. The first-order chi connectivity index (χ1) is 14.0. The summed E-state index contributed by atoms with van der Waals surface area (Å²) in [6.07, 6.45) is 0. The first-order valence-corrected chi connectivity index (χ1v) is 10.7. The van der Waals surface area contributed by atoms with E-state index in [1.165, 1.54) is 0 Å². The molecule has 0 N–H and O–H groups in total. The first-order valence-electron chi connectivity index (χ1n) is 9.05. The van der Waals surface area contributed by atoms with Crippen molar-refractivity contribution in [3.63, 3.8) is 0 Å². The summed E-state index contributed by atoms with van der Waals surface area (Å²) in [7, 11) is 0. The van der Waals surface area contributed by atoms with Gasteiger partial charge >= 0.3 is 0 Å². The molecule has 7 nitrogen and oxygen atoms in total. The van der Waals surface area contributed by atoms with E-state index >= 15 is 0 Å². The molecule has 0 aliphatic carbocycles. The average molecular weight is 519 g/mol. The molecule has 1 aliphatic heterocycles. The lowest BCUT2D eigenvalue weighted by Crippen LogP contribution is -2.20. The summed E-state index contributed by atoms with van der Waals surface area (Å²) in [5.41, 5.74) is 3.94. The predicted molar refractivity (Wildman–Crippen MR) is 119 cm³/mol. The molecule has 3 heterocycles. The van der Waals surface area contributed by atoms with Crippen molar-refractivity contribution < 1.29 is 4.52 Å². The topological polar surface area (TPSA) is 72.9 Å². The molecule has 0 amide bonds. The fourth-order valence-corrected chi connectivity index (χ4v) is 4.48. The largest absolute Gasteiger partial charge is 0.338 e. The Morgan fingerprint density at radius 1 is 1.07 bits per heavy atom. The van der Waals surface area contributed by atoms with Crippen LogP contribution in [0.4, 0.5) is 11.4 Å². The minimum atomic E-state index is 0.144. The number of hydrogen-bond donors (Lipinski definition) is 0. The summed E-state index contributed by atoms with van der Waals surface area (Å²) >= 11 is 8.55. The predicted octanol–water partition coefficient (Wildman–Crippen LogP) is 5.22. The van der Waals surface area contributed by atoms with Crippen molar-refractivity contribution >= 4 is 45.6 Å². The van der Waals surface area contributed by atoms with Gasteiger partial charge in [-0.05, 0) is 56.3 Å². The quantitative estimate of drug-likeness (QED) is 0.268. The molecule has 2 aromatic carbocycles. The van der Waals surface area contributed by atoms with Crippen molar-refractivity contribution in [2.75, 3.05) is 11.4 Å². The van der Waals surface area contributed by atoms with E-state index in [0.717, 1.165) is 40.8 Å². The maximum absolute atomic E-state index is 6.13. The van der Waals surface area contributed by atoms with Gasteiger partial charge in [0, 0.05) is 22.8 Å². The molecular weight excluding hydrogens is 503 g/mol.